The Morgan fingerprint density at radius 1 is 1.46 bits per heavy atom. The van der Waals surface area contributed by atoms with E-state index >= 15 is 0 Å². The molecule has 1 rings (SSSR count). The molecule has 2 nitrogen and oxygen atoms in total. The molecule has 0 spiro atoms. The molecule has 2 atom stereocenters. The van der Waals surface area contributed by atoms with Gasteiger partial charge in [-0.15, -0.1) is 0 Å². The van der Waals surface area contributed by atoms with Crippen molar-refractivity contribution in [2.45, 2.75) is 34.1 Å². The highest BCUT2D eigenvalue weighted by Crippen LogP contribution is 2.60. The van der Waals surface area contributed by atoms with Crippen molar-refractivity contribution < 1.29 is 4.79 Å². The third-order valence-electron chi connectivity index (χ3n) is 3.07. The maximum absolute atomic E-state index is 10.8. The van der Waals surface area contributed by atoms with Gasteiger partial charge in [-0.25, -0.2) is 0 Å². The summed E-state index contributed by atoms with van der Waals surface area (Å²) in [7, 11) is 0. The molecule has 2 N–H and O–H groups in total. The van der Waals surface area contributed by atoms with E-state index in [4.69, 9.17) is 5.73 Å². The van der Waals surface area contributed by atoms with Crippen molar-refractivity contribution in [2.75, 3.05) is 0 Å². The van der Waals surface area contributed by atoms with E-state index < -0.39 is 0 Å². The van der Waals surface area contributed by atoms with E-state index in [0.717, 1.165) is 0 Å². The minimum Gasteiger partial charge on any atom is -0.370 e. The highest BCUT2D eigenvalue weighted by molar-refractivity contribution is 5.74. The number of hydrogen-bond donors (Lipinski definition) is 1. The first-order valence-electron chi connectivity index (χ1n) is 4.79. The lowest BCUT2D eigenvalue weighted by molar-refractivity contribution is -0.118. The number of carbonyl (C=O) groups excluding carboxylic acids is 1. The zero-order valence-electron chi connectivity index (χ0n) is 8.92. The molecule has 1 fully saturated rings. The smallest absolute Gasteiger partial charge is 0.217 e. The fourth-order valence-electron chi connectivity index (χ4n) is 2.08. The Bertz CT molecular complexity index is 249. The van der Waals surface area contributed by atoms with Crippen LogP contribution in [0.25, 0.3) is 0 Å². The van der Waals surface area contributed by atoms with E-state index in [1.165, 1.54) is 5.57 Å². The second kappa shape index (κ2) is 3.17. The lowest BCUT2D eigenvalue weighted by Crippen LogP contribution is -2.12. The maximum Gasteiger partial charge on any atom is 0.217 e. The van der Waals surface area contributed by atoms with Crippen molar-refractivity contribution in [3.05, 3.63) is 11.6 Å². The van der Waals surface area contributed by atoms with Crippen LogP contribution in [0.1, 0.15) is 34.1 Å². The zero-order valence-corrected chi connectivity index (χ0v) is 8.92. The van der Waals surface area contributed by atoms with Crippen molar-refractivity contribution in [1.29, 1.82) is 0 Å². The first-order chi connectivity index (χ1) is 5.85. The van der Waals surface area contributed by atoms with Crippen LogP contribution in [-0.4, -0.2) is 5.91 Å². The number of nitrogens with two attached hydrogens (primary N) is 1. The van der Waals surface area contributed by atoms with Crippen LogP contribution < -0.4 is 5.73 Å². The molecule has 1 saturated carbocycles. The predicted molar refractivity (Wildman–Crippen MR) is 54.0 cm³/mol. The molecule has 0 aliphatic heterocycles. The Morgan fingerprint density at radius 3 is 2.38 bits per heavy atom. The molecule has 0 radical (unpaired) electrons. The van der Waals surface area contributed by atoms with Crippen molar-refractivity contribution in [2.24, 2.45) is 23.0 Å². The molecule has 0 aromatic heterocycles. The third-order valence-corrected chi connectivity index (χ3v) is 3.07. The normalized spacial score (nSPS) is 29.5. The van der Waals surface area contributed by atoms with Gasteiger partial charge in [0.05, 0.1) is 0 Å². The second-order valence-electron chi connectivity index (χ2n) is 4.87. The second-order valence-corrected chi connectivity index (χ2v) is 4.87. The monoisotopic (exact) mass is 181 g/mol. The van der Waals surface area contributed by atoms with Crippen molar-refractivity contribution in [3.63, 3.8) is 0 Å². The molecule has 0 bridgehead atoms. The van der Waals surface area contributed by atoms with Gasteiger partial charge < -0.3 is 5.73 Å². The average molecular weight is 181 g/mol. The lowest BCUT2D eigenvalue weighted by atomic mass is 10.1. The van der Waals surface area contributed by atoms with Gasteiger partial charge in [-0.3, -0.25) is 4.79 Å². The molecule has 0 aromatic carbocycles. The van der Waals surface area contributed by atoms with Gasteiger partial charge in [-0.05, 0) is 31.1 Å². The molecule has 2 heteroatoms. The number of carbonyl (C=O) groups is 1. The summed E-state index contributed by atoms with van der Waals surface area (Å²) in [4.78, 5) is 10.8. The molecule has 1 aliphatic rings. The number of primary amides is 1. The van der Waals surface area contributed by atoms with E-state index in [0.29, 0.717) is 18.3 Å². The number of hydrogen-bond acceptors (Lipinski definition) is 1. The van der Waals surface area contributed by atoms with Gasteiger partial charge in [0.25, 0.3) is 0 Å². The first-order valence-corrected chi connectivity index (χ1v) is 4.79. The molecule has 0 saturated heterocycles. The highest BCUT2D eigenvalue weighted by Gasteiger charge is 2.56. The molecule has 1 amide bonds. The summed E-state index contributed by atoms with van der Waals surface area (Å²) in [5.41, 5.74) is 6.78. The van der Waals surface area contributed by atoms with Crippen LogP contribution in [0, 0.1) is 17.3 Å². The summed E-state index contributed by atoms with van der Waals surface area (Å²) in [6.07, 6.45) is 2.79. The molecule has 0 heterocycles. The first kappa shape index (κ1) is 10.3. The van der Waals surface area contributed by atoms with Crippen LogP contribution in [0.5, 0.6) is 0 Å². The van der Waals surface area contributed by atoms with Crippen LogP contribution in [0.2, 0.25) is 0 Å². The summed E-state index contributed by atoms with van der Waals surface area (Å²) in [6, 6.07) is 0. The number of rotatable bonds is 3. The van der Waals surface area contributed by atoms with Gasteiger partial charge >= 0.3 is 0 Å². The molecular formula is C11H19NO. The van der Waals surface area contributed by atoms with Crippen LogP contribution in [0.3, 0.4) is 0 Å². The van der Waals surface area contributed by atoms with E-state index in [-0.39, 0.29) is 11.3 Å². The van der Waals surface area contributed by atoms with Gasteiger partial charge in [0, 0.05) is 6.42 Å². The minimum atomic E-state index is -0.178. The Kier molecular flexibility index (Phi) is 2.51. The molecule has 0 aromatic rings. The van der Waals surface area contributed by atoms with Gasteiger partial charge in [0.2, 0.25) is 5.91 Å². The summed E-state index contributed by atoms with van der Waals surface area (Å²) in [6.45, 7) is 8.58. The van der Waals surface area contributed by atoms with Crippen LogP contribution in [0.15, 0.2) is 11.6 Å². The Labute approximate surface area is 80.2 Å². The summed E-state index contributed by atoms with van der Waals surface area (Å²) >= 11 is 0. The quantitative estimate of drug-likeness (QED) is 0.666. The van der Waals surface area contributed by atoms with Gasteiger partial charge in [0.15, 0.2) is 0 Å². The fourth-order valence-corrected chi connectivity index (χ4v) is 2.08. The molecule has 13 heavy (non-hydrogen) atoms. The zero-order chi connectivity index (χ0) is 10.2. The average Bonchev–Trinajstić information content (AvgIpc) is 2.36. The Hall–Kier alpha value is -0.790. The third kappa shape index (κ3) is 2.11. The van der Waals surface area contributed by atoms with Crippen molar-refractivity contribution >= 4 is 5.91 Å². The van der Waals surface area contributed by atoms with Crippen LogP contribution in [-0.2, 0) is 4.79 Å². The summed E-state index contributed by atoms with van der Waals surface area (Å²) < 4.78 is 0. The topological polar surface area (TPSA) is 43.1 Å². The largest absolute Gasteiger partial charge is 0.370 e. The summed E-state index contributed by atoms with van der Waals surface area (Å²) in [5.74, 6) is 0.827. The predicted octanol–water partition coefficient (Wildman–Crippen LogP) is 2.10. The van der Waals surface area contributed by atoms with E-state index in [1.54, 1.807) is 0 Å². The highest BCUT2D eigenvalue weighted by atomic mass is 16.1. The van der Waals surface area contributed by atoms with Crippen LogP contribution in [0.4, 0.5) is 0 Å². The summed E-state index contributed by atoms with van der Waals surface area (Å²) in [5, 5.41) is 0. The molecule has 2 unspecified atom stereocenters. The van der Waals surface area contributed by atoms with Gasteiger partial charge in [0.1, 0.15) is 0 Å². The van der Waals surface area contributed by atoms with Crippen LogP contribution >= 0.6 is 0 Å². The van der Waals surface area contributed by atoms with Crippen molar-refractivity contribution in [1.82, 2.24) is 0 Å². The molecule has 74 valence electrons. The van der Waals surface area contributed by atoms with Gasteiger partial charge in [-0.1, -0.05) is 25.5 Å². The van der Waals surface area contributed by atoms with Crippen molar-refractivity contribution in [3.8, 4) is 0 Å². The molecular weight excluding hydrogens is 162 g/mol. The SMILES string of the molecule is CC(C)=CC1C(CC(N)=O)C1(C)C. The van der Waals surface area contributed by atoms with E-state index in [9.17, 15) is 4.79 Å². The lowest BCUT2D eigenvalue weighted by Gasteiger charge is -1.98. The Balaban J connectivity index is 2.61. The standard InChI is InChI=1S/C11H19NO/c1-7(2)5-8-9(6-10(12)13)11(8,3)4/h5,8-9H,6H2,1-4H3,(H2,12,13). The number of amides is 1. The molecule has 1 aliphatic carbocycles. The fraction of sp³-hybridized carbons (Fsp3) is 0.727. The van der Waals surface area contributed by atoms with E-state index in [1.807, 2.05) is 0 Å². The minimum absolute atomic E-state index is 0.178. The number of allylic oxidation sites excluding steroid dienone is 2. The maximum atomic E-state index is 10.8. The Morgan fingerprint density at radius 2 is 2.00 bits per heavy atom. The van der Waals surface area contributed by atoms with Gasteiger partial charge in [-0.2, -0.15) is 0 Å². The van der Waals surface area contributed by atoms with E-state index in [2.05, 4.69) is 33.8 Å².